The summed E-state index contributed by atoms with van der Waals surface area (Å²) in [4.78, 5) is 1.45. The highest BCUT2D eigenvalue weighted by molar-refractivity contribution is 9.10. The lowest BCUT2D eigenvalue weighted by Crippen LogP contribution is -2.38. The van der Waals surface area contributed by atoms with Crippen LogP contribution in [-0.4, -0.2) is 26.2 Å². The van der Waals surface area contributed by atoms with Crippen molar-refractivity contribution < 1.29 is 0 Å². The first-order valence-electron chi connectivity index (χ1n) is 5.61. The van der Waals surface area contributed by atoms with E-state index in [9.17, 15) is 0 Å². The summed E-state index contributed by atoms with van der Waals surface area (Å²) in [6.45, 7) is 0. The van der Waals surface area contributed by atoms with E-state index in [1.54, 1.807) is 7.05 Å². The predicted octanol–water partition coefficient (Wildman–Crippen LogP) is 0.590. The van der Waals surface area contributed by atoms with Crippen molar-refractivity contribution in [2.24, 2.45) is 12.9 Å². The van der Waals surface area contributed by atoms with E-state index in [2.05, 4.69) is 48.9 Å². The molecular formula is C11H15BrN6. The number of hydrogen-bond donors (Lipinski definition) is 2. The summed E-state index contributed by atoms with van der Waals surface area (Å²) in [7, 11) is 1.75. The van der Waals surface area contributed by atoms with E-state index in [-0.39, 0.29) is 6.04 Å². The zero-order chi connectivity index (χ0) is 13.0. The zero-order valence-electron chi connectivity index (χ0n) is 10.0. The van der Waals surface area contributed by atoms with Crippen molar-refractivity contribution in [3.63, 3.8) is 0 Å². The van der Waals surface area contributed by atoms with Crippen LogP contribution in [0.15, 0.2) is 28.7 Å². The smallest absolute Gasteiger partial charge is 0.176 e. The molecule has 1 atom stereocenters. The minimum Gasteiger partial charge on any atom is -0.271 e. The molecular weight excluding hydrogens is 296 g/mol. The molecule has 96 valence electrons. The van der Waals surface area contributed by atoms with Crippen LogP contribution in [0.4, 0.5) is 0 Å². The number of halogens is 1. The standard InChI is InChI=1S/C11H15BrN6/c1-18-16-11(15-17-18)7-10(14-13)6-8-3-2-4-9(12)5-8/h2-5,10,14H,6-7,13H2,1H3. The van der Waals surface area contributed by atoms with Crippen LogP contribution in [0, 0.1) is 0 Å². The van der Waals surface area contributed by atoms with Crippen LogP contribution >= 0.6 is 15.9 Å². The van der Waals surface area contributed by atoms with Crippen molar-refractivity contribution in [2.75, 3.05) is 0 Å². The van der Waals surface area contributed by atoms with Crippen LogP contribution in [0.1, 0.15) is 11.4 Å². The summed E-state index contributed by atoms with van der Waals surface area (Å²) < 4.78 is 1.06. The number of hydrogen-bond acceptors (Lipinski definition) is 5. The first kappa shape index (κ1) is 13.1. The Bertz CT molecular complexity index is 512. The van der Waals surface area contributed by atoms with Crippen LogP contribution in [0.25, 0.3) is 0 Å². The summed E-state index contributed by atoms with van der Waals surface area (Å²) in [6.07, 6.45) is 1.46. The van der Waals surface area contributed by atoms with Crippen LogP contribution < -0.4 is 11.3 Å². The van der Waals surface area contributed by atoms with Gasteiger partial charge in [-0.1, -0.05) is 28.1 Å². The molecule has 0 aliphatic heterocycles. The number of aryl methyl sites for hydroxylation is 1. The molecule has 1 heterocycles. The van der Waals surface area contributed by atoms with E-state index in [1.807, 2.05) is 12.1 Å². The van der Waals surface area contributed by atoms with Gasteiger partial charge in [0.25, 0.3) is 0 Å². The van der Waals surface area contributed by atoms with Gasteiger partial charge in [-0.3, -0.25) is 11.3 Å². The maximum atomic E-state index is 5.57. The van der Waals surface area contributed by atoms with Gasteiger partial charge < -0.3 is 0 Å². The lowest BCUT2D eigenvalue weighted by molar-refractivity contribution is 0.509. The second kappa shape index (κ2) is 6.03. The van der Waals surface area contributed by atoms with Gasteiger partial charge >= 0.3 is 0 Å². The Morgan fingerprint density at radius 2 is 2.28 bits per heavy atom. The highest BCUT2D eigenvalue weighted by atomic mass is 79.9. The fourth-order valence-electron chi connectivity index (χ4n) is 1.76. The lowest BCUT2D eigenvalue weighted by Gasteiger charge is -2.13. The molecule has 3 N–H and O–H groups in total. The first-order chi connectivity index (χ1) is 8.67. The number of nitrogens with two attached hydrogens (primary N) is 1. The van der Waals surface area contributed by atoms with Crippen LogP contribution in [0.2, 0.25) is 0 Å². The van der Waals surface area contributed by atoms with Gasteiger partial charge in [-0.2, -0.15) is 4.80 Å². The van der Waals surface area contributed by atoms with Crippen molar-refractivity contribution >= 4 is 15.9 Å². The fraction of sp³-hybridized carbons (Fsp3) is 0.364. The lowest BCUT2D eigenvalue weighted by atomic mass is 10.0. The van der Waals surface area contributed by atoms with Crippen LogP contribution in [-0.2, 0) is 19.9 Å². The van der Waals surface area contributed by atoms with Gasteiger partial charge in [0.15, 0.2) is 5.82 Å². The molecule has 0 radical (unpaired) electrons. The third-order valence-electron chi connectivity index (χ3n) is 2.59. The fourth-order valence-corrected chi connectivity index (χ4v) is 2.21. The summed E-state index contributed by atoms with van der Waals surface area (Å²) in [5, 5.41) is 11.9. The Kier molecular flexibility index (Phi) is 4.40. The molecule has 0 fully saturated rings. The number of benzene rings is 1. The minimum atomic E-state index is 0.0866. The predicted molar refractivity (Wildman–Crippen MR) is 71.5 cm³/mol. The first-order valence-corrected chi connectivity index (χ1v) is 6.40. The Morgan fingerprint density at radius 1 is 1.44 bits per heavy atom. The zero-order valence-corrected chi connectivity index (χ0v) is 11.6. The number of rotatable bonds is 5. The van der Waals surface area contributed by atoms with Gasteiger partial charge in [0.1, 0.15) is 0 Å². The maximum Gasteiger partial charge on any atom is 0.176 e. The van der Waals surface area contributed by atoms with Gasteiger partial charge in [0, 0.05) is 16.9 Å². The second-order valence-electron chi connectivity index (χ2n) is 4.10. The molecule has 18 heavy (non-hydrogen) atoms. The van der Waals surface area contributed by atoms with E-state index in [0.717, 1.165) is 10.9 Å². The largest absolute Gasteiger partial charge is 0.271 e. The molecule has 0 aliphatic carbocycles. The summed E-state index contributed by atoms with van der Waals surface area (Å²) in [5.41, 5.74) is 4.00. The Hall–Kier alpha value is -1.31. The molecule has 7 heteroatoms. The van der Waals surface area contributed by atoms with Crippen molar-refractivity contribution in [2.45, 2.75) is 18.9 Å². The number of tetrazole rings is 1. The molecule has 1 unspecified atom stereocenters. The SMILES string of the molecule is Cn1nnc(CC(Cc2cccc(Br)c2)NN)n1. The van der Waals surface area contributed by atoms with Gasteiger partial charge in [0.2, 0.25) is 0 Å². The van der Waals surface area contributed by atoms with Crippen LogP contribution in [0.3, 0.4) is 0 Å². The second-order valence-corrected chi connectivity index (χ2v) is 5.01. The Labute approximate surface area is 114 Å². The summed E-state index contributed by atoms with van der Waals surface area (Å²) in [5.74, 6) is 6.26. The van der Waals surface area contributed by atoms with Crippen molar-refractivity contribution in [1.82, 2.24) is 25.6 Å². The van der Waals surface area contributed by atoms with E-state index in [4.69, 9.17) is 5.84 Å². The molecule has 0 amide bonds. The van der Waals surface area contributed by atoms with Crippen LogP contribution in [0.5, 0.6) is 0 Å². The number of hydrazine groups is 1. The summed E-state index contributed by atoms with van der Waals surface area (Å²) in [6, 6.07) is 8.24. The monoisotopic (exact) mass is 310 g/mol. The molecule has 6 nitrogen and oxygen atoms in total. The van der Waals surface area contributed by atoms with Gasteiger partial charge in [0.05, 0.1) is 7.05 Å². The quantitative estimate of drug-likeness (QED) is 0.624. The molecule has 0 saturated heterocycles. The average Bonchev–Trinajstić information content (AvgIpc) is 2.74. The molecule has 1 aromatic carbocycles. The van der Waals surface area contributed by atoms with Gasteiger partial charge in [-0.25, -0.2) is 0 Å². The topological polar surface area (TPSA) is 81.7 Å². The normalized spacial score (nSPS) is 12.6. The molecule has 0 aliphatic rings. The Morgan fingerprint density at radius 3 is 2.89 bits per heavy atom. The van der Waals surface area contributed by atoms with Crippen molar-refractivity contribution in [3.05, 3.63) is 40.1 Å². The number of nitrogens with one attached hydrogen (secondary N) is 1. The molecule has 0 bridgehead atoms. The number of aromatic nitrogens is 4. The van der Waals surface area contributed by atoms with E-state index >= 15 is 0 Å². The summed E-state index contributed by atoms with van der Waals surface area (Å²) >= 11 is 3.45. The van der Waals surface area contributed by atoms with Crippen molar-refractivity contribution in [1.29, 1.82) is 0 Å². The molecule has 2 rings (SSSR count). The highest BCUT2D eigenvalue weighted by Crippen LogP contribution is 2.13. The van der Waals surface area contributed by atoms with Gasteiger partial charge in [-0.05, 0) is 29.3 Å². The molecule has 0 spiro atoms. The maximum absolute atomic E-state index is 5.57. The van der Waals surface area contributed by atoms with E-state index < -0.39 is 0 Å². The molecule has 0 saturated carbocycles. The third-order valence-corrected chi connectivity index (χ3v) is 3.08. The molecule has 1 aromatic heterocycles. The molecule has 2 aromatic rings. The van der Waals surface area contributed by atoms with Gasteiger partial charge in [-0.15, -0.1) is 10.2 Å². The number of nitrogens with zero attached hydrogens (tertiary/aromatic N) is 4. The highest BCUT2D eigenvalue weighted by Gasteiger charge is 2.12. The average molecular weight is 311 g/mol. The third kappa shape index (κ3) is 3.59. The van der Waals surface area contributed by atoms with E-state index in [1.165, 1.54) is 10.4 Å². The Balaban J connectivity index is 2.01. The van der Waals surface area contributed by atoms with E-state index in [0.29, 0.717) is 12.2 Å². The minimum absolute atomic E-state index is 0.0866. The van der Waals surface area contributed by atoms with Crippen molar-refractivity contribution in [3.8, 4) is 0 Å².